The zero-order chi connectivity index (χ0) is 110. The van der Waals surface area contributed by atoms with Gasteiger partial charge in [-0.1, -0.05) is 147 Å². The van der Waals surface area contributed by atoms with Crippen molar-refractivity contribution in [2.45, 2.75) is 375 Å². The first-order valence-electron chi connectivity index (χ1n) is 51.7. The third kappa shape index (κ3) is 40.6. The average molecular weight is 2190 g/mol. The molecule has 9 unspecified atom stereocenters. The number of likely N-dealkylation sites (tertiary alicyclic amines) is 3. The van der Waals surface area contributed by atoms with Crippen LogP contribution in [-0.4, -0.2) is 177 Å². The fourth-order valence-electron chi connectivity index (χ4n) is 19.0. The number of aliphatic hydroxyl groups is 1. The Bertz CT molecular complexity index is 4830. The predicted molar refractivity (Wildman–Crippen MR) is 594 cm³/mol. The fraction of sp³-hybridized carbons (Fsp3) is 0.658. The Balaban J connectivity index is 0.000000373. The van der Waals surface area contributed by atoms with E-state index in [1.54, 1.807) is 37.3 Å². The average Bonchev–Trinajstić information content (AvgIpc) is 1.71. The zero-order valence-electron chi connectivity index (χ0n) is 91.5. The van der Waals surface area contributed by atoms with Crippen molar-refractivity contribution in [2.24, 2.45) is 45.7 Å². The van der Waals surface area contributed by atoms with Crippen LogP contribution < -0.4 is 27.0 Å². The van der Waals surface area contributed by atoms with Crippen LogP contribution in [0.25, 0.3) is 0 Å². The van der Waals surface area contributed by atoms with Crippen molar-refractivity contribution in [2.75, 3.05) is 52.4 Å². The van der Waals surface area contributed by atoms with Gasteiger partial charge in [0.05, 0.1) is 59.0 Å². The molecule has 6 aliphatic rings. The Labute approximate surface area is 909 Å². The molecule has 6 fully saturated rings. The molecule has 146 heavy (non-hydrogen) atoms. The second-order valence-corrected chi connectivity index (χ2v) is 48.7. The van der Waals surface area contributed by atoms with Crippen LogP contribution in [0.1, 0.15) is 346 Å². The molecule has 0 aromatic heterocycles. The number of carboxylic acid groups (broad SMARTS) is 1. The number of halogens is 12. The van der Waals surface area contributed by atoms with E-state index in [-0.39, 0.29) is 154 Å². The van der Waals surface area contributed by atoms with E-state index in [9.17, 15) is 46.2 Å². The number of unbranched alkanes of at least 4 members (excludes halogenated alkanes) is 2. The lowest BCUT2D eigenvalue weighted by Crippen LogP contribution is -2.57. The SMILES string of the molecule is C=CCCC(C)(C(=O)NC(C)(C)C)C1CCN(C(C)c2ccc(F)c(Cl)c2)CC1.C=CCCC(C)(C(=O)NC(C)(C)C)C1CCNCC1.CC(Cl)c1ccc(F)c(Cl)c1.CC(O)c1ccc(F)c(Cl)c1.CC(c1ccc(F)c(Cl)c1)N1CCC(C(C)(CCCCB2OC(C)(C)C(C)(C)O2)C(=O)NC(C)(C)C)CC1.CC(c1ccc(F)c(Cl)c1)N1CCC(C(N)(CCCCB(O)O)C(=O)O)CC1.CC1(C)O[B]OC1(C)C.Cl. The smallest absolute Gasteiger partial charge is 0.480 e. The summed E-state index contributed by atoms with van der Waals surface area (Å²) in [6, 6.07) is 23.7. The van der Waals surface area contributed by atoms with Gasteiger partial charge < -0.3 is 65.9 Å². The summed E-state index contributed by atoms with van der Waals surface area (Å²) in [6.45, 7) is 65.5. The number of rotatable bonds is 32. The summed E-state index contributed by atoms with van der Waals surface area (Å²) in [6.07, 6.45) is 19.1. The number of allylic oxidation sites excluding steroid dienone is 2. The van der Waals surface area contributed by atoms with Gasteiger partial charge in [-0.25, -0.2) is 22.0 Å². The van der Waals surface area contributed by atoms with E-state index in [0.717, 1.165) is 151 Å². The van der Waals surface area contributed by atoms with Crippen LogP contribution >= 0.6 is 82.0 Å². The van der Waals surface area contributed by atoms with Crippen molar-refractivity contribution >= 4 is 128 Å². The Kier molecular flexibility index (Phi) is 53.8. The van der Waals surface area contributed by atoms with E-state index in [0.29, 0.717) is 68.5 Å². The van der Waals surface area contributed by atoms with E-state index in [1.807, 2.05) is 128 Å². The summed E-state index contributed by atoms with van der Waals surface area (Å²) in [4.78, 5) is 58.5. The van der Waals surface area contributed by atoms with Crippen molar-refractivity contribution < 1.29 is 80.0 Å². The Morgan fingerprint density at radius 1 is 0.473 bits per heavy atom. The highest BCUT2D eigenvalue weighted by molar-refractivity contribution is 6.45. The third-order valence-electron chi connectivity index (χ3n) is 30.4. The van der Waals surface area contributed by atoms with Gasteiger partial charge in [0.2, 0.25) is 17.7 Å². The highest BCUT2D eigenvalue weighted by Gasteiger charge is 2.53. The largest absolute Gasteiger partial charge is 0.488 e. The van der Waals surface area contributed by atoms with E-state index >= 15 is 0 Å². The molecule has 10 N–H and O–H groups in total. The first-order valence-corrected chi connectivity index (χ1v) is 54.0. The molecule has 821 valence electrons. The highest BCUT2D eigenvalue weighted by atomic mass is 35.5. The Hall–Kier alpha value is -5.15. The second kappa shape index (κ2) is 59.0. The Morgan fingerprint density at radius 2 is 0.760 bits per heavy atom. The number of nitrogens with one attached hydrogen (secondary N) is 4. The summed E-state index contributed by atoms with van der Waals surface area (Å²) >= 11 is 34.6. The minimum atomic E-state index is -1.37. The first kappa shape index (κ1) is 133. The number of carbonyl (C=O) groups excluding carboxylic acids is 3. The van der Waals surface area contributed by atoms with E-state index in [2.05, 4.69) is 111 Å². The van der Waals surface area contributed by atoms with E-state index in [1.165, 1.54) is 56.2 Å². The number of piperidine rings is 4. The summed E-state index contributed by atoms with van der Waals surface area (Å²) in [5.74, 6) is -1.66. The number of hydrogen-bond acceptors (Lipinski definition) is 16. The molecule has 20 nitrogen and oxygen atoms in total. The molecule has 0 bridgehead atoms. The number of hydrogen-bond donors (Lipinski definition) is 9. The van der Waals surface area contributed by atoms with Gasteiger partial charge in [-0.05, 0) is 419 Å². The van der Waals surface area contributed by atoms with E-state index in [4.69, 9.17) is 109 Å². The molecule has 9 atom stereocenters. The van der Waals surface area contributed by atoms with Gasteiger partial charge in [0.15, 0.2) is 0 Å². The van der Waals surface area contributed by atoms with Crippen LogP contribution in [0, 0.1) is 69.0 Å². The van der Waals surface area contributed by atoms with Crippen LogP contribution in [0.5, 0.6) is 0 Å². The molecule has 6 aliphatic heterocycles. The third-order valence-corrected chi connectivity index (χ3v) is 32.1. The quantitative estimate of drug-likeness (QED) is 0.00637. The standard InChI is InChI=1S/C30H49BClFN2O3.C24H36ClFN2O.C19H29BClFN2O4.C16H30N2O.C8H7Cl2F.C8H8ClFO.C6H12BO2.ClH/c1-21(22-12-13-25(33)24(32)20-22)35-18-14-23(15-19-35)30(9,26(36)34-27(2,3)4)16-10-11-17-31-37-28(5,6)29(7,8)38-31;1-7-8-13-24(6,22(29)27-23(3,4)5)19-11-14-28(15-12-19)17(2)18-9-10-21(26)20(25)16-18;1-13(14-4-5-17(22)16(21)12-14)24-10-6-15(7-11-24)19(23,18(25)26)8-2-3-9-20(27)28;1-6-7-10-16(5,13-8-11-17-12-9-13)14(19)18-15(2,3)4;1-5(9)6-2-3-8(11)7(10)4-6;1-5(11)6-2-3-8(10)7(9)4-6;1-5(2)6(3,4)9-7-8-5;/h12-13,20-21,23H,10-11,14-19H2,1-9H3,(H,34,36);7,9-10,16-17,19H,1,8,11-15H2,2-6H3,(H,27,29);4-5,12-13,15,27-28H,2-3,6-11,23H2,1H3,(H,25,26);6,13,17H,1,7-12H2,2-5H3,(H,18,19);2-5H,1H3;2-5,11H,1H3;1-4H3;1H. The fourth-order valence-corrected chi connectivity index (χ4v) is 20.1. The summed E-state index contributed by atoms with van der Waals surface area (Å²) in [5, 5.41) is 50.1. The monoisotopic (exact) mass is 2180 g/mol. The molecule has 5 aromatic rings. The van der Waals surface area contributed by atoms with Gasteiger partial charge in [-0.2, -0.15) is 0 Å². The number of benzene rings is 5. The first-order chi connectivity index (χ1) is 67.0. The number of nitrogens with zero attached hydrogens (tertiary/aromatic N) is 3. The molecular weight excluding hydrogens is 2010 g/mol. The van der Waals surface area contributed by atoms with Gasteiger partial charge in [-0.15, -0.1) is 37.2 Å². The van der Waals surface area contributed by atoms with Crippen LogP contribution in [0.15, 0.2) is 116 Å². The topological polar surface area (TPSA) is 270 Å². The highest BCUT2D eigenvalue weighted by Crippen LogP contribution is 2.47. The van der Waals surface area contributed by atoms with Gasteiger partial charge in [0.25, 0.3) is 0 Å². The van der Waals surface area contributed by atoms with Gasteiger partial charge in [0, 0.05) is 51.0 Å². The van der Waals surface area contributed by atoms with Crippen LogP contribution in [-0.2, 0) is 37.8 Å². The van der Waals surface area contributed by atoms with Crippen LogP contribution in [0.4, 0.5) is 22.0 Å². The lowest BCUT2D eigenvalue weighted by molar-refractivity contribution is -0.147. The zero-order valence-corrected chi connectivity index (χ0v) is 96.8. The minimum absolute atomic E-state index is 0. The van der Waals surface area contributed by atoms with Crippen molar-refractivity contribution in [1.29, 1.82) is 0 Å². The van der Waals surface area contributed by atoms with Crippen molar-refractivity contribution in [1.82, 2.24) is 36.0 Å². The maximum absolute atomic E-state index is 13.7. The molecule has 1 radical (unpaired) electrons. The lowest BCUT2D eigenvalue weighted by Gasteiger charge is -2.44. The molecule has 6 heterocycles. The minimum Gasteiger partial charge on any atom is -0.480 e. The Morgan fingerprint density at radius 3 is 1.04 bits per heavy atom. The summed E-state index contributed by atoms with van der Waals surface area (Å²) < 4.78 is 88.4. The molecule has 35 heteroatoms. The number of amides is 3. The molecule has 11 rings (SSSR count). The van der Waals surface area contributed by atoms with Gasteiger partial charge >= 0.3 is 27.9 Å². The van der Waals surface area contributed by atoms with Crippen molar-refractivity contribution in [3.8, 4) is 0 Å². The number of aliphatic hydroxyl groups excluding tert-OH is 1. The number of carboxylic acids is 1. The normalized spacial score (nSPS) is 20.0. The molecule has 5 aromatic carbocycles. The molecule has 0 spiro atoms. The number of carbonyl (C=O) groups is 4. The van der Waals surface area contributed by atoms with Gasteiger partial charge in [0.1, 0.15) is 34.6 Å². The van der Waals surface area contributed by atoms with Crippen molar-refractivity contribution in [3.05, 3.63) is 198 Å². The number of aliphatic carboxylic acids is 1. The number of nitrogens with two attached hydrogens (primary N) is 1. The molecule has 3 amide bonds. The summed E-state index contributed by atoms with van der Waals surface area (Å²) in [5.41, 5.74) is 6.58. The van der Waals surface area contributed by atoms with Crippen molar-refractivity contribution in [3.63, 3.8) is 0 Å². The molecule has 0 saturated carbocycles. The number of alkyl halides is 1. The maximum atomic E-state index is 13.7. The predicted octanol–water partition coefficient (Wildman–Crippen LogP) is 27.0. The van der Waals surface area contributed by atoms with E-state index < -0.39 is 53.0 Å². The van der Waals surface area contributed by atoms with Crippen LogP contribution in [0.3, 0.4) is 0 Å². The summed E-state index contributed by atoms with van der Waals surface area (Å²) in [7, 11) is -0.152. The second-order valence-electron chi connectivity index (χ2n) is 46.0. The lowest BCUT2D eigenvalue weighted by atomic mass is 9.67. The maximum Gasteiger partial charge on any atom is 0.488 e. The van der Waals surface area contributed by atoms with Gasteiger partial charge in [-0.3, -0.25) is 33.9 Å². The van der Waals surface area contributed by atoms with Crippen LogP contribution in [0.2, 0.25) is 37.8 Å². The molecule has 0 aliphatic carbocycles. The molecule has 6 saturated heterocycles. The molecular formula is C111H172B3Cl7F5N8O12.